The minimum Gasteiger partial charge on any atom is -0.375 e. The van der Waals surface area contributed by atoms with E-state index in [1.807, 2.05) is 12.3 Å². The Bertz CT molecular complexity index is 796. The lowest BCUT2D eigenvalue weighted by molar-refractivity contribution is -0.126. The predicted molar refractivity (Wildman–Crippen MR) is 127 cm³/mol. The molecular weight excluding hydrogens is 404 g/mol. The third kappa shape index (κ3) is 6.58. The fourth-order valence-corrected chi connectivity index (χ4v) is 4.55. The van der Waals surface area contributed by atoms with Crippen LogP contribution in [0.25, 0.3) is 0 Å². The maximum atomic E-state index is 12.5. The Kier molecular flexibility index (Phi) is 7.84. The van der Waals surface area contributed by atoms with E-state index >= 15 is 0 Å². The van der Waals surface area contributed by atoms with Gasteiger partial charge in [-0.25, -0.2) is 9.98 Å². The SMILES string of the molecule is CCNC(=NCc1ccnc(N2CCOC(C)C2)c1)NC1CCCC(C(=O)NC2CC2)C1. The van der Waals surface area contributed by atoms with E-state index in [-0.39, 0.29) is 24.0 Å². The average Bonchev–Trinajstić information content (AvgIpc) is 3.62. The number of nitrogens with one attached hydrogen (secondary N) is 3. The quantitative estimate of drug-likeness (QED) is 0.443. The number of pyridine rings is 1. The number of hydrogen-bond acceptors (Lipinski definition) is 5. The van der Waals surface area contributed by atoms with Crippen molar-refractivity contribution in [3.05, 3.63) is 23.9 Å². The van der Waals surface area contributed by atoms with E-state index in [1.54, 1.807) is 0 Å². The molecule has 0 radical (unpaired) electrons. The molecule has 0 bridgehead atoms. The Morgan fingerprint density at radius 3 is 2.91 bits per heavy atom. The summed E-state index contributed by atoms with van der Waals surface area (Å²) in [6, 6.07) is 4.86. The Morgan fingerprint density at radius 2 is 2.12 bits per heavy atom. The largest absolute Gasteiger partial charge is 0.375 e. The molecule has 8 heteroatoms. The van der Waals surface area contributed by atoms with E-state index in [9.17, 15) is 4.79 Å². The summed E-state index contributed by atoms with van der Waals surface area (Å²) in [7, 11) is 0. The predicted octanol–water partition coefficient (Wildman–Crippen LogP) is 2.20. The molecular formula is C24H38N6O2. The van der Waals surface area contributed by atoms with Crippen molar-refractivity contribution in [3.8, 4) is 0 Å². The van der Waals surface area contributed by atoms with Crippen molar-refractivity contribution < 1.29 is 9.53 Å². The summed E-state index contributed by atoms with van der Waals surface area (Å²) < 4.78 is 5.65. The molecule has 0 spiro atoms. The topological polar surface area (TPSA) is 90.9 Å². The van der Waals surface area contributed by atoms with Crippen LogP contribution >= 0.6 is 0 Å². The van der Waals surface area contributed by atoms with Crippen molar-refractivity contribution >= 4 is 17.7 Å². The van der Waals surface area contributed by atoms with E-state index in [2.05, 4.69) is 45.7 Å². The molecule has 8 nitrogen and oxygen atoms in total. The first-order chi connectivity index (χ1) is 15.6. The maximum Gasteiger partial charge on any atom is 0.223 e. The highest BCUT2D eigenvalue weighted by molar-refractivity contribution is 5.81. The molecule has 3 aliphatic rings. The number of guanidine groups is 1. The summed E-state index contributed by atoms with van der Waals surface area (Å²) in [5.41, 5.74) is 1.14. The molecule has 3 atom stereocenters. The highest BCUT2D eigenvalue weighted by atomic mass is 16.5. The van der Waals surface area contributed by atoms with Gasteiger partial charge in [-0.1, -0.05) is 6.42 Å². The van der Waals surface area contributed by atoms with Crippen molar-refractivity contribution in [2.24, 2.45) is 10.9 Å². The molecule has 1 aromatic heterocycles. The van der Waals surface area contributed by atoms with Crippen LogP contribution in [-0.2, 0) is 16.1 Å². The first kappa shape index (κ1) is 22.8. The van der Waals surface area contributed by atoms with Crippen LogP contribution in [0.15, 0.2) is 23.3 Å². The summed E-state index contributed by atoms with van der Waals surface area (Å²) in [5.74, 6) is 2.16. The van der Waals surface area contributed by atoms with Crippen LogP contribution in [-0.4, -0.2) is 61.3 Å². The fourth-order valence-electron chi connectivity index (χ4n) is 4.55. The zero-order valence-electron chi connectivity index (χ0n) is 19.5. The van der Waals surface area contributed by atoms with Crippen LogP contribution in [0.5, 0.6) is 0 Å². The van der Waals surface area contributed by atoms with E-state index in [4.69, 9.17) is 9.73 Å². The van der Waals surface area contributed by atoms with Crippen LogP contribution in [0.2, 0.25) is 0 Å². The molecule has 4 rings (SSSR count). The third-order valence-corrected chi connectivity index (χ3v) is 6.45. The molecule has 3 fully saturated rings. The number of amides is 1. The van der Waals surface area contributed by atoms with E-state index < -0.39 is 0 Å². The van der Waals surface area contributed by atoms with Gasteiger partial charge in [-0.3, -0.25) is 4.79 Å². The highest BCUT2D eigenvalue weighted by Crippen LogP contribution is 2.27. The molecule has 3 N–H and O–H groups in total. The van der Waals surface area contributed by atoms with Crippen LogP contribution in [0.4, 0.5) is 5.82 Å². The number of hydrogen-bond donors (Lipinski definition) is 3. The second kappa shape index (κ2) is 11.0. The van der Waals surface area contributed by atoms with Gasteiger partial charge >= 0.3 is 0 Å². The summed E-state index contributed by atoms with van der Waals surface area (Å²) in [6.07, 6.45) is 8.38. The van der Waals surface area contributed by atoms with E-state index in [0.717, 1.165) is 82.1 Å². The van der Waals surface area contributed by atoms with Gasteiger partial charge in [0, 0.05) is 43.8 Å². The minimum atomic E-state index is 0.114. The normalized spacial score (nSPS) is 26.5. The molecule has 32 heavy (non-hydrogen) atoms. The molecule has 3 unspecified atom stereocenters. The summed E-state index contributed by atoms with van der Waals surface area (Å²) in [5, 5.41) is 10.1. The number of ether oxygens (including phenoxy) is 1. The third-order valence-electron chi connectivity index (χ3n) is 6.45. The lowest BCUT2D eigenvalue weighted by Gasteiger charge is -2.32. The van der Waals surface area contributed by atoms with E-state index in [1.165, 1.54) is 0 Å². The van der Waals surface area contributed by atoms with Gasteiger partial charge in [0.25, 0.3) is 0 Å². The van der Waals surface area contributed by atoms with Crippen molar-refractivity contribution in [2.75, 3.05) is 31.1 Å². The Hall–Kier alpha value is -2.35. The summed E-state index contributed by atoms with van der Waals surface area (Å²) >= 11 is 0. The number of rotatable bonds is 7. The van der Waals surface area contributed by atoms with Crippen molar-refractivity contribution in [3.63, 3.8) is 0 Å². The van der Waals surface area contributed by atoms with Gasteiger partial charge < -0.3 is 25.6 Å². The number of carbonyl (C=O) groups is 1. The monoisotopic (exact) mass is 442 g/mol. The second-order valence-corrected chi connectivity index (χ2v) is 9.33. The number of nitrogens with zero attached hydrogens (tertiary/aromatic N) is 3. The van der Waals surface area contributed by atoms with Crippen LogP contribution in [0.3, 0.4) is 0 Å². The number of anilines is 1. The molecule has 2 aliphatic carbocycles. The zero-order chi connectivity index (χ0) is 22.3. The zero-order valence-corrected chi connectivity index (χ0v) is 19.5. The van der Waals surface area contributed by atoms with Gasteiger partial charge in [0.2, 0.25) is 5.91 Å². The van der Waals surface area contributed by atoms with Gasteiger partial charge in [0.15, 0.2) is 5.96 Å². The molecule has 1 amide bonds. The number of aliphatic imine (C=N–C) groups is 1. The molecule has 176 valence electrons. The molecule has 1 saturated heterocycles. The first-order valence-corrected chi connectivity index (χ1v) is 12.3. The van der Waals surface area contributed by atoms with Crippen LogP contribution in [0, 0.1) is 5.92 Å². The van der Waals surface area contributed by atoms with Crippen molar-refractivity contribution in [1.82, 2.24) is 20.9 Å². The van der Waals surface area contributed by atoms with Crippen LogP contribution < -0.4 is 20.9 Å². The van der Waals surface area contributed by atoms with Crippen LogP contribution in [0.1, 0.15) is 57.9 Å². The molecule has 1 aromatic rings. The fraction of sp³-hybridized carbons (Fsp3) is 0.708. The maximum absolute atomic E-state index is 12.5. The number of morpholine rings is 1. The second-order valence-electron chi connectivity index (χ2n) is 9.33. The Morgan fingerprint density at radius 1 is 1.25 bits per heavy atom. The Labute approximate surface area is 191 Å². The standard InChI is InChI=1S/C24H38N6O2/c1-3-25-24(29-21-6-4-5-19(14-21)23(31)28-20-7-8-20)27-15-18-9-10-26-22(13-18)30-11-12-32-17(2)16-30/h9-10,13,17,19-21H,3-8,11-12,14-16H2,1-2H3,(H,28,31)(H2,25,27,29). The van der Waals surface area contributed by atoms with Gasteiger partial charge in [-0.2, -0.15) is 0 Å². The molecule has 2 heterocycles. The average molecular weight is 443 g/mol. The number of carbonyl (C=O) groups excluding carboxylic acids is 1. The molecule has 1 aliphatic heterocycles. The molecule has 0 aromatic carbocycles. The lowest BCUT2D eigenvalue weighted by Crippen LogP contribution is -2.47. The van der Waals surface area contributed by atoms with Crippen molar-refractivity contribution in [1.29, 1.82) is 0 Å². The van der Waals surface area contributed by atoms with Gasteiger partial charge in [0.1, 0.15) is 5.82 Å². The highest BCUT2D eigenvalue weighted by Gasteiger charge is 2.31. The molecule has 2 saturated carbocycles. The number of aromatic nitrogens is 1. The van der Waals surface area contributed by atoms with Gasteiger partial charge in [0.05, 0.1) is 19.3 Å². The Balaban J connectivity index is 1.34. The smallest absolute Gasteiger partial charge is 0.223 e. The van der Waals surface area contributed by atoms with Crippen molar-refractivity contribution in [2.45, 2.75) is 77.1 Å². The summed E-state index contributed by atoms with van der Waals surface area (Å²) in [6.45, 7) is 8.03. The van der Waals surface area contributed by atoms with E-state index in [0.29, 0.717) is 12.6 Å². The lowest BCUT2D eigenvalue weighted by atomic mass is 9.85. The minimum absolute atomic E-state index is 0.114. The van der Waals surface area contributed by atoms with Gasteiger partial charge in [-0.05, 0) is 63.6 Å². The van der Waals surface area contributed by atoms with Gasteiger partial charge in [-0.15, -0.1) is 0 Å². The summed E-state index contributed by atoms with van der Waals surface area (Å²) in [4.78, 5) is 24.2. The first-order valence-electron chi connectivity index (χ1n) is 12.3.